The normalized spacial score (nSPS) is 11.6. The minimum atomic E-state index is 0.818. The van der Waals surface area contributed by atoms with Crippen LogP contribution in [0.4, 0.5) is 34.1 Å². The minimum Gasteiger partial charge on any atom is -0.311 e. The van der Waals surface area contributed by atoms with Crippen molar-refractivity contribution in [3.63, 3.8) is 0 Å². The van der Waals surface area contributed by atoms with Gasteiger partial charge in [0.05, 0.1) is 11.0 Å². The minimum absolute atomic E-state index is 0.818. The maximum atomic E-state index is 2.44. The van der Waals surface area contributed by atoms with Crippen molar-refractivity contribution in [3.05, 3.63) is 266 Å². The molecule has 66 heavy (non-hydrogen) atoms. The molecule has 1 heterocycles. The third-order valence-corrected chi connectivity index (χ3v) is 13.0. The van der Waals surface area contributed by atoms with Crippen molar-refractivity contribution in [1.29, 1.82) is 0 Å². The van der Waals surface area contributed by atoms with E-state index in [1.54, 1.807) is 0 Å². The molecular formula is C63H45N3. The Morgan fingerprint density at radius 3 is 1.48 bits per heavy atom. The molecule has 0 atom stereocenters. The Bertz CT molecular complexity index is 3590. The first-order valence-electron chi connectivity index (χ1n) is 22.7. The smallest absolute Gasteiger partial charge is 0.0547 e. The lowest BCUT2D eigenvalue weighted by molar-refractivity contribution is 1.18. The molecule has 3 nitrogen and oxygen atoms in total. The summed E-state index contributed by atoms with van der Waals surface area (Å²) in [6, 6.07) is 89.8. The number of allylic oxidation sites excluding steroid dienone is 1. The van der Waals surface area contributed by atoms with E-state index in [2.05, 4.69) is 275 Å². The molecule has 0 saturated carbocycles. The summed E-state index contributed by atoms with van der Waals surface area (Å²) in [5, 5.41) is 7.64. The van der Waals surface area contributed by atoms with E-state index in [9.17, 15) is 0 Å². The highest BCUT2D eigenvalue weighted by Gasteiger charge is 2.21. The fourth-order valence-electron chi connectivity index (χ4n) is 9.89. The molecule has 0 aliphatic heterocycles. The van der Waals surface area contributed by atoms with Crippen LogP contribution < -0.4 is 9.80 Å². The van der Waals surface area contributed by atoms with Crippen LogP contribution in [-0.4, -0.2) is 4.57 Å². The monoisotopic (exact) mass is 843 g/mol. The van der Waals surface area contributed by atoms with Crippen molar-refractivity contribution < 1.29 is 0 Å². The molecule has 3 heteroatoms. The molecule has 0 fully saturated rings. The van der Waals surface area contributed by atoms with Gasteiger partial charge in [0.25, 0.3) is 0 Å². The summed E-state index contributed by atoms with van der Waals surface area (Å²) in [4.78, 5) is 4.65. The van der Waals surface area contributed by atoms with Crippen LogP contribution in [0, 0.1) is 0 Å². The maximum absolute atomic E-state index is 2.44. The molecule has 0 N–H and O–H groups in total. The molecule has 0 unspecified atom stereocenters. The molecule has 0 amide bonds. The van der Waals surface area contributed by atoms with Gasteiger partial charge in [0.2, 0.25) is 0 Å². The second-order valence-electron chi connectivity index (χ2n) is 16.9. The maximum Gasteiger partial charge on any atom is 0.0547 e. The predicted molar refractivity (Wildman–Crippen MR) is 281 cm³/mol. The molecule has 11 aromatic carbocycles. The highest BCUT2D eigenvalue weighted by molar-refractivity contribution is 6.27. The van der Waals surface area contributed by atoms with Gasteiger partial charge in [-0.15, -0.1) is 0 Å². The van der Waals surface area contributed by atoms with E-state index in [1.807, 2.05) is 0 Å². The molecule has 312 valence electrons. The van der Waals surface area contributed by atoms with E-state index >= 15 is 0 Å². The van der Waals surface area contributed by atoms with Crippen molar-refractivity contribution in [2.75, 3.05) is 9.80 Å². The third-order valence-electron chi connectivity index (χ3n) is 13.0. The van der Waals surface area contributed by atoms with Gasteiger partial charge in [0, 0.05) is 50.6 Å². The first-order valence-corrected chi connectivity index (χ1v) is 22.7. The van der Waals surface area contributed by atoms with E-state index in [1.165, 1.54) is 65.6 Å². The largest absolute Gasteiger partial charge is 0.311 e. The molecule has 0 bridgehead atoms. The fraction of sp³-hybridized carbons (Fsp3) is 0.0159. The Labute approximate surface area is 385 Å². The highest BCUT2D eigenvalue weighted by atomic mass is 15.1. The standard InChI is InChI=1S/C63H45N3/c1-5-20-50(21-6-1)64(51-22-7-2-8-23-51)55-36-31-48(32-37-55)57-41-43-61-63-59(57)40-39-58-47(33-42-60(62(58)63)66(61)53-26-11-4-12-27-53)19-15-16-45-28-34-54(35-29-45)65(52-24-9-3-10-25-52)56-38-30-46-17-13-14-18-49(46)44-56/h1-18,20-44H,19H2/b16-15+. The van der Waals surface area contributed by atoms with Crippen molar-refractivity contribution in [2.24, 2.45) is 0 Å². The van der Waals surface area contributed by atoms with Crippen molar-refractivity contribution in [1.82, 2.24) is 4.57 Å². The lowest BCUT2D eigenvalue weighted by atomic mass is 9.92. The number of aromatic nitrogens is 1. The number of benzene rings is 11. The van der Waals surface area contributed by atoms with Crippen LogP contribution in [0.15, 0.2) is 255 Å². The van der Waals surface area contributed by atoms with Crippen LogP contribution in [0.5, 0.6) is 0 Å². The van der Waals surface area contributed by atoms with Gasteiger partial charge < -0.3 is 14.4 Å². The van der Waals surface area contributed by atoms with Crippen LogP contribution in [-0.2, 0) is 6.42 Å². The Morgan fingerprint density at radius 1 is 0.364 bits per heavy atom. The molecule has 12 rings (SSSR count). The van der Waals surface area contributed by atoms with Gasteiger partial charge >= 0.3 is 0 Å². The first-order chi connectivity index (χ1) is 32.7. The van der Waals surface area contributed by atoms with Gasteiger partial charge in [-0.25, -0.2) is 0 Å². The molecule has 0 aliphatic rings. The van der Waals surface area contributed by atoms with Gasteiger partial charge in [-0.3, -0.25) is 0 Å². The lowest BCUT2D eigenvalue weighted by Gasteiger charge is -2.26. The first kappa shape index (κ1) is 39.0. The molecule has 0 spiro atoms. The Morgan fingerprint density at radius 2 is 0.848 bits per heavy atom. The number of para-hydroxylation sites is 4. The van der Waals surface area contributed by atoms with Gasteiger partial charge in [0.15, 0.2) is 0 Å². The summed E-state index contributed by atoms with van der Waals surface area (Å²) >= 11 is 0. The molecule has 0 saturated heterocycles. The van der Waals surface area contributed by atoms with Crippen molar-refractivity contribution >= 4 is 83.6 Å². The summed E-state index contributed by atoms with van der Waals surface area (Å²) in [6.07, 6.45) is 5.39. The van der Waals surface area contributed by atoms with Crippen LogP contribution >= 0.6 is 0 Å². The second-order valence-corrected chi connectivity index (χ2v) is 16.9. The fourth-order valence-corrected chi connectivity index (χ4v) is 9.89. The van der Waals surface area contributed by atoms with E-state index in [0.29, 0.717) is 0 Å². The van der Waals surface area contributed by atoms with Gasteiger partial charge in [-0.1, -0.05) is 164 Å². The van der Waals surface area contributed by atoms with Gasteiger partial charge in [0.1, 0.15) is 0 Å². The number of hydrogen-bond acceptors (Lipinski definition) is 2. The second kappa shape index (κ2) is 16.8. The van der Waals surface area contributed by atoms with E-state index in [0.717, 1.165) is 46.2 Å². The Kier molecular flexibility index (Phi) is 9.92. The summed E-state index contributed by atoms with van der Waals surface area (Å²) in [5.74, 6) is 0. The van der Waals surface area contributed by atoms with Crippen LogP contribution in [0.3, 0.4) is 0 Å². The molecule has 0 radical (unpaired) electrons. The van der Waals surface area contributed by atoms with Crippen molar-refractivity contribution in [2.45, 2.75) is 6.42 Å². The number of rotatable bonds is 11. The number of anilines is 6. The quantitative estimate of drug-likeness (QED) is 0.120. The summed E-state index contributed by atoms with van der Waals surface area (Å²) < 4.78 is 2.44. The van der Waals surface area contributed by atoms with E-state index < -0.39 is 0 Å². The topological polar surface area (TPSA) is 11.4 Å². The lowest BCUT2D eigenvalue weighted by Crippen LogP contribution is -2.09. The zero-order valence-electron chi connectivity index (χ0n) is 36.4. The molecule has 12 aromatic rings. The number of fused-ring (bicyclic) bond motifs is 1. The zero-order chi connectivity index (χ0) is 43.8. The third kappa shape index (κ3) is 7.04. The summed E-state index contributed by atoms with van der Waals surface area (Å²) in [7, 11) is 0. The van der Waals surface area contributed by atoms with Gasteiger partial charge in [-0.2, -0.15) is 0 Å². The number of nitrogens with zero attached hydrogens (tertiary/aromatic N) is 3. The zero-order valence-corrected chi connectivity index (χ0v) is 36.4. The molecule has 1 aromatic heterocycles. The van der Waals surface area contributed by atoms with E-state index in [4.69, 9.17) is 0 Å². The molecule has 0 aliphatic carbocycles. The van der Waals surface area contributed by atoms with Crippen LogP contribution in [0.25, 0.3) is 66.2 Å². The SMILES string of the molecule is C(=C\c1ccc(N(c2ccccc2)c2ccc3ccccc3c2)cc1)/Cc1ccc2c3c1ccc1c(-c4ccc(N(c5ccccc5)c5ccccc5)cc4)ccc(c13)n2-c1ccccc1. The Hall–Kier alpha value is -8.66. The summed E-state index contributed by atoms with van der Waals surface area (Å²) in [6.45, 7) is 0. The summed E-state index contributed by atoms with van der Waals surface area (Å²) in [5.41, 5.74) is 15.3. The molecular weight excluding hydrogens is 799 g/mol. The average molecular weight is 844 g/mol. The predicted octanol–water partition coefficient (Wildman–Crippen LogP) is 17.4. The van der Waals surface area contributed by atoms with Gasteiger partial charge in [-0.05, 0) is 147 Å². The van der Waals surface area contributed by atoms with E-state index in [-0.39, 0.29) is 0 Å². The van der Waals surface area contributed by atoms with Crippen molar-refractivity contribution in [3.8, 4) is 16.8 Å². The van der Waals surface area contributed by atoms with Crippen LogP contribution in [0.1, 0.15) is 11.1 Å². The Balaban J connectivity index is 0.886. The highest BCUT2D eigenvalue weighted by Crippen LogP contribution is 2.45. The van der Waals surface area contributed by atoms with Crippen LogP contribution in [0.2, 0.25) is 0 Å². The number of hydrogen-bond donors (Lipinski definition) is 0. The average Bonchev–Trinajstić information content (AvgIpc) is 3.73.